The van der Waals surface area contributed by atoms with E-state index in [4.69, 9.17) is 0 Å². The molecule has 0 rings (SSSR count). The van der Waals surface area contributed by atoms with Crippen LogP contribution >= 0.6 is 11.8 Å². The van der Waals surface area contributed by atoms with Crippen molar-refractivity contribution in [3.8, 4) is 0 Å². The zero-order valence-corrected chi connectivity index (χ0v) is 27.2. The SMILES string of the molecule is CCSC(C)(CC)CC(C)(C)C(=O)C(C)(O)C(C)(C)CC(C)(C)C(C)(C=CCC(C)(C)CC)CC. The maximum absolute atomic E-state index is 14.0. The molecule has 0 aliphatic heterocycles. The van der Waals surface area contributed by atoms with E-state index in [1.165, 1.54) is 0 Å². The van der Waals surface area contributed by atoms with Crippen LogP contribution in [-0.4, -0.2) is 27.0 Å². The summed E-state index contributed by atoms with van der Waals surface area (Å²) < 4.78 is 0.0330. The molecule has 0 saturated heterocycles. The second kappa shape index (κ2) is 12.1. The highest BCUT2D eigenvalue weighted by atomic mass is 32.2. The predicted octanol–water partition coefficient (Wildman–Crippen LogP) is 9.89. The molecule has 0 aromatic heterocycles. The fourth-order valence-electron chi connectivity index (χ4n) is 5.69. The number of aliphatic hydroxyl groups is 1. The quantitative estimate of drug-likeness (QED) is 0.210. The van der Waals surface area contributed by atoms with E-state index in [9.17, 15) is 9.90 Å². The molecule has 1 N–H and O–H groups in total. The van der Waals surface area contributed by atoms with E-state index in [0.717, 1.165) is 44.3 Å². The molecule has 0 aliphatic carbocycles. The molecule has 35 heavy (non-hydrogen) atoms. The Morgan fingerprint density at radius 3 is 1.66 bits per heavy atom. The normalized spacial score (nSPS) is 19.3. The average molecular weight is 511 g/mol. The molecule has 0 aromatic carbocycles. The lowest BCUT2D eigenvalue weighted by Crippen LogP contribution is -2.56. The first-order valence-corrected chi connectivity index (χ1v) is 15.1. The fourth-order valence-corrected chi connectivity index (χ4v) is 7.06. The first kappa shape index (κ1) is 34.7. The molecule has 208 valence electrons. The van der Waals surface area contributed by atoms with Crippen LogP contribution in [0.3, 0.4) is 0 Å². The predicted molar refractivity (Wildman–Crippen MR) is 159 cm³/mol. The van der Waals surface area contributed by atoms with Gasteiger partial charge in [0.1, 0.15) is 5.60 Å². The van der Waals surface area contributed by atoms with E-state index in [1.54, 1.807) is 6.92 Å². The molecule has 3 atom stereocenters. The third-order valence-electron chi connectivity index (χ3n) is 9.71. The Bertz CT molecular complexity index is 713. The minimum atomic E-state index is -1.41. The van der Waals surface area contributed by atoms with Gasteiger partial charge in [0.25, 0.3) is 0 Å². The molecule has 3 unspecified atom stereocenters. The molecule has 0 bridgehead atoms. The summed E-state index contributed by atoms with van der Waals surface area (Å²) in [6.07, 6.45) is 10.6. The number of hydrogen-bond acceptors (Lipinski definition) is 3. The molecule has 0 amide bonds. The minimum absolute atomic E-state index is 0.0265. The molecule has 0 radical (unpaired) electrons. The van der Waals surface area contributed by atoms with Crippen molar-refractivity contribution in [3.05, 3.63) is 12.2 Å². The summed E-state index contributed by atoms with van der Waals surface area (Å²) in [5, 5.41) is 11.9. The van der Waals surface area contributed by atoms with E-state index in [2.05, 4.69) is 95.2 Å². The summed E-state index contributed by atoms with van der Waals surface area (Å²) in [6.45, 7) is 32.8. The number of carbonyl (C=O) groups excluding carboxylic acids is 1. The van der Waals surface area contributed by atoms with Gasteiger partial charge in [-0.2, -0.15) is 11.8 Å². The molecular weight excluding hydrogens is 448 g/mol. The highest BCUT2D eigenvalue weighted by molar-refractivity contribution is 8.00. The van der Waals surface area contributed by atoms with Crippen LogP contribution in [0.5, 0.6) is 0 Å². The van der Waals surface area contributed by atoms with Crippen LogP contribution in [0, 0.1) is 27.1 Å². The Balaban J connectivity index is 6.00. The largest absolute Gasteiger partial charge is 0.382 e. The minimum Gasteiger partial charge on any atom is -0.382 e. The molecule has 0 spiro atoms. The van der Waals surface area contributed by atoms with Gasteiger partial charge in [0.15, 0.2) is 5.78 Å². The van der Waals surface area contributed by atoms with Gasteiger partial charge in [0.2, 0.25) is 0 Å². The van der Waals surface area contributed by atoms with Gasteiger partial charge in [-0.05, 0) is 61.0 Å². The zero-order valence-electron chi connectivity index (χ0n) is 26.4. The molecule has 3 heteroatoms. The summed E-state index contributed by atoms with van der Waals surface area (Å²) in [7, 11) is 0. The van der Waals surface area contributed by atoms with Crippen molar-refractivity contribution in [1.29, 1.82) is 0 Å². The van der Waals surface area contributed by atoms with Crippen LogP contribution in [0.2, 0.25) is 0 Å². The van der Waals surface area contributed by atoms with E-state index < -0.39 is 16.4 Å². The lowest BCUT2D eigenvalue weighted by atomic mass is 9.54. The molecule has 0 fully saturated rings. The van der Waals surface area contributed by atoms with Crippen molar-refractivity contribution >= 4 is 17.5 Å². The zero-order chi connectivity index (χ0) is 28.1. The molecule has 0 aromatic rings. The number of carbonyl (C=O) groups is 1. The van der Waals surface area contributed by atoms with Crippen LogP contribution in [0.1, 0.15) is 142 Å². The average Bonchev–Trinajstić information content (AvgIpc) is 2.71. The Kier molecular flexibility index (Phi) is 12.0. The smallest absolute Gasteiger partial charge is 0.170 e. The third-order valence-corrected chi connectivity index (χ3v) is 11.1. The first-order chi connectivity index (χ1) is 15.5. The van der Waals surface area contributed by atoms with Crippen molar-refractivity contribution in [2.45, 2.75) is 153 Å². The van der Waals surface area contributed by atoms with Crippen molar-refractivity contribution in [3.63, 3.8) is 0 Å². The molecule has 0 aliphatic rings. The lowest BCUT2D eigenvalue weighted by Gasteiger charge is -2.51. The maximum atomic E-state index is 14.0. The molecule has 0 saturated carbocycles. The summed E-state index contributed by atoms with van der Waals surface area (Å²) in [4.78, 5) is 14.0. The number of Topliss-reactive ketones (excluding diaryl/α,β-unsaturated/α-hetero) is 1. The third kappa shape index (κ3) is 8.62. The number of thioether (sulfide) groups is 1. The molecule has 2 nitrogen and oxygen atoms in total. The maximum Gasteiger partial charge on any atom is 0.170 e. The monoisotopic (exact) mass is 510 g/mol. The van der Waals surface area contributed by atoms with Crippen LogP contribution in [0.4, 0.5) is 0 Å². The van der Waals surface area contributed by atoms with Crippen molar-refractivity contribution in [2.24, 2.45) is 27.1 Å². The highest BCUT2D eigenvalue weighted by Gasteiger charge is 2.54. The van der Waals surface area contributed by atoms with Crippen LogP contribution in [0.25, 0.3) is 0 Å². The lowest BCUT2D eigenvalue weighted by molar-refractivity contribution is -0.162. The van der Waals surface area contributed by atoms with Gasteiger partial charge >= 0.3 is 0 Å². The topological polar surface area (TPSA) is 37.3 Å². The van der Waals surface area contributed by atoms with Crippen LogP contribution in [0.15, 0.2) is 12.2 Å². The van der Waals surface area contributed by atoms with Crippen molar-refractivity contribution in [2.75, 3.05) is 5.75 Å². The summed E-state index contributed by atoms with van der Waals surface area (Å²) in [5.41, 5.74) is -2.40. The highest BCUT2D eigenvalue weighted by Crippen LogP contribution is 2.54. The Morgan fingerprint density at radius 1 is 0.743 bits per heavy atom. The van der Waals surface area contributed by atoms with E-state index in [-0.39, 0.29) is 21.4 Å². The second-order valence-corrected chi connectivity index (χ2v) is 16.4. The number of hydrogen-bond donors (Lipinski definition) is 1. The summed E-state index contributed by atoms with van der Waals surface area (Å²) in [5.74, 6) is 1.00. The Labute approximate surface area is 224 Å². The number of rotatable bonds is 16. The van der Waals surface area contributed by atoms with Gasteiger partial charge < -0.3 is 5.11 Å². The van der Waals surface area contributed by atoms with Gasteiger partial charge in [-0.3, -0.25) is 4.79 Å². The van der Waals surface area contributed by atoms with Crippen molar-refractivity contribution in [1.82, 2.24) is 0 Å². The Morgan fingerprint density at radius 2 is 1.26 bits per heavy atom. The molecular formula is C32H62O2S. The van der Waals surface area contributed by atoms with Gasteiger partial charge in [-0.1, -0.05) is 116 Å². The summed E-state index contributed by atoms with van der Waals surface area (Å²) >= 11 is 1.93. The van der Waals surface area contributed by atoms with Crippen molar-refractivity contribution < 1.29 is 9.90 Å². The van der Waals surface area contributed by atoms with Crippen LogP contribution in [-0.2, 0) is 4.79 Å². The molecule has 0 heterocycles. The second-order valence-electron chi connectivity index (χ2n) is 14.5. The fraction of sp³-hybridized carbons (Fsp3) is 0.906. The van der Waals surface area contributed by atoms with Gasteiger partial charge in [0, 0.05) is 15.6 Å². The number of ketones is 1. The van der Waals surface area contributed by atoms with E-state index >= 15 is 0 Å². The van der Waals surface area contributed by atoms with Gasteiger partial charge in [-0.25, -0.2) is 0 Å². The van der Waals surface area contributed by atoms with Gasteiger partial charge in [0.05, 0.1) is 0 Å². The van der Waals surface area contributed by atoms with E-state index in [0.29, 0.717) is 5.41 Å². The number of allylic oxidation sites excluding steroid dienone is 2. The summed E-state index contributed by atoms with van der Waals surface area (Å²) in [6, 6.07) is 0. The van der Waals surface area contributed by atoms with Crippen LogP contribution < -0.4 is 0 Å². The van der Waals surface area contributed by atoms with Gasteiger partial charge in [-0.15, -0.1) is 0 Å². The first-order valence-electron chi connectivity index (χ1n) is 14.1. The standard InChI is InChI=1S/C32H62O2S/c1-16-26(5,6)21-20-22-30(13,17-2)28(9,10)24-29(11,12)32(15,34)25(33)27(7,8)23-31(14,18-3)35-19-4/h20,22,34H,16-19,21,23-24H2,1-15H3. The van der Waals surface area contributed by atoms with E-state index in [1.807, 2.05) is 25.6 Å². The Hall–Kier alpha value is -0.280.